The number of ether oxygens (including phenoxy) is 2. The molecule has 0 bridgehead atoms. The zero-order chi connectivity index (χ0) is 23.4. The van der Waals surface area contributed by atoms with Crippen molar-refractivity contribution < 1.29 is 28.7 Å². The molecular weight excluding hydrogens is 444 g/mol. The predicted octanol–water partition coefficient (Wildman–Crippen LogP) is 3.72. The number of benzene rings is 1. The van der Waals surface area contributed by atoms with Crippen LogP contribution in [0.2, 0.25) is 0 Å². The molecule has 174 valence electrons. The third kappa shape index (κ3) is 5.60. The van der Waals surface area contributed by atoms with Crippen LogP contribution < -0.4 is 5.32 Å². The van der Waals surface area contributed by atoms with Crippen LogP contribution in [0, 0.1) is 0 Å². The van der Waals surface area contributed by atoms with Crippen molar-refractivity contribution in [3.05, 3.63) is 51.9 Å². The quantitative estimate of drug-likeness (QED) is 0.561. The van der Waals surface area contributed by atoms with Crippen molar-refractivity contribution in [2.45, 2.75) is 45.1 Å². The molecule has 1 N–H and O–H groups in total. The number of thiophene rings is 1. The molecule has 2 heterocycles. The number of carbonyl (C=O) groups is 4. The lowest BCUT2D eigenvalue weighted by atomic mass is 10.1. The Morgan fingerprint density at radius 1 is 1.12 bits per heavy atom. The molecule has 2 aliphatic rings. The lowest BCUT2D eigenvalue weighted by molar-refractivity contribution is -0.128. The van der Waals surface area contributed by atoms with Crippen LogP contribution in [0.5, 0.6) is 0 Å². The number of amides is 2. The minimum absolute atomic E-state index is 0.144. The third-order valence-corrected chi connectivity index (χ3v) is 6.55. The Morgan fingerprint density at radius 3 is 2.52 bits per heavy atom. The van der Waals surface area contributed by atoms with E-state index in [0.717, 1.165) is 36.9 Å². The number of nitrogens with one attached hydrogen (secondary N) is 1. The van der Waals surface area contributed by atoms with Crippen LogP contribution in [0.15, 0.2) is 29.6 Å². The van der Waals surface area contributed by atoms with E-state index in [9.17, 15) is 19.2 Å². The van der Waals surface area contributed by atoms with Crippen molar-refractivity contribution in [3.8, 4) is 0 Å². The summed E-state index contributed by atoms with van der Waals surface area (Å²) in [5.74, 6) is -1.13. The maximum absolute atomic E-state index is 12.4. The van der Waals surface area contributed by atoms with Crippen LogP contribution >= 0.6 is 11.3 Å². The second-order valence-electron chi connectivity index (χ2n) is 8.13. The first-order valence-electron chi connectivity index (χ1n) is 11.1. The second-order valence-corrected chi connectivity index (χ2v) is 9.01. The Bertz CT molecular complexity index is 1060. The summed E-state index contributed by atoms with van der Waals surface area (Å²) < 4.78 is 10.3. The van der Waals surface area contributed by atoms with Crippen LogP contribution in [0.1, 0.15) is 70.4 Å². The van der Waals surface area contributed by atoms with Crippen LogP contribution in [-0.4, -0.2) is 48.4 Å². The summed E-state index contributed by atoms with van der Waals surface area (Å²) in [4.78, 5) is 50.7. The SMILES string of the molecule is CCOC(=O)c1c(C2CC2)csc1NC(=O)COC(=O)c1ccc(CN2CCCC2=O)cc1. The number of esters is 2. The Balaban J connectivity index is 1.31. The van der Waals surface area contributed by atoms with Gasteiger partial charge in [-0.15, -0.1) is 11.3 Å². The standard InChI is InChI=1S/C24H26N2O6S/c1-2-31-24(30)21-18(16-9-10-16)14-33-22(21)25-19(27)13-32-23(29)17-7-5-15(6-8-17)12-26-11-3-4-20(26)28/h5-8,14,16H,2-4,9-13H2,1H3,(H,25,27). The minimum Gasteiger partial charge on any atom is -0.462 e. The fourth-order valence-corrected chi connectivity index (χ4v) is 4.83. The summed E-state index contributed by atoms with van der Waals surface area (Å²) in [5.41, 5.74) is 2.55. The number of hydrogen-bond donors (Lipinski definition) is 1. The molecule has 4 rings (SSSR count). The number of hydrogen-bond acceptors (Lipinski definition) is 7. The van der Waals surface area contributed by atoms with Gasteiger partial charge in [0.05, 0.1) is 17.7 Å². The van der Waals surface area contributed by atoms with Gasteiger partial charge in [-0.2, -0.15) is 0 Å². The van der Waals surface area contributed by atoms with Crippen LogP contribution in [0.4, 0.5) is 5.00 Å². The van der Waals surface area contributed by atoms with Crippen LogP contribution in [-0.2, 0) is 25.6 Å². The summed E-state index contributed by atoms with van der Waals surface area (Å²) in [5, 5.41) is 4.97. The van der Waals surface area contributed by atoms with Crippen LogP contribution in [0.3, 0.4) is 0 Å². The highest BCUT2D eigenvalue weighted by Crippen LogP contribution is 2.46. The van der Waals surface area contributed by atoms with E-state index in [1.165, 1.54) is 11.3 Å². The van der Waals surface area contributed by atoms with Gasteiger partial charge in [0, 0.05) is 19.5 Å². The number of anilines is 1. The summed E-state index contributed by atoms with van der Waals surface area (Å²) in [6, 6.07) is 6.80. The van der Waals surface area contributed by atoms with E-state index in [2.05, 4.69) is 5.32 Å². The molecule has 2 fully saturated rings. The summed E-state index contributed by atoms with van der Waals surface area (Å²) in [6.45, 7) is 2.78. The molecule has 9 heteroatoms. The van der Waals surface area contributed by atoms with E-state index in [-0.39, 0.29) is 12.5 Å². The molecule has 1 saturated heterocycles. The van der Waals surface area contributed by atoms with Crippen molar-refractivity contribution in [2.24, 2.45) is 0 Å². The maximum Gasteiger partial charge on any atom is 0.341 e. The van der Waals surface area contributed by atoms with E-state index >= 15 is 0 Å². The first-order valence-corrected chi connectivity index (χ1v) is 12.0. The van der Waals surface area contributed by atoms with Crippen molar-refractivity contribution in [1.82, 2.24) is 4.90 Å². The molecule has 2 aromatic rings. The van der Waals surface area contributed by atoms with E-state index in [1.54, 1.807) is 36.1 Å². The normalized spacial score (nSPS) is 15.4. The number of nitrogens with zero attached hydrogens (tertiary/aromatic N) is 1. The predicted molar refractivity (Wildman–Crippen MR) is 122 cm³/mol. The fourth-order valence-electron chi connectivity index (χ4n) is 3.79. The third-order valence-electron chi connectivity index (χ3n) is 5.64. The molecule has 8 nitrogen and oxygen atoms in total. The molecule has 1 aliphatic carbocycles. The van der Waals surface area contributed by atoms with Crippen molar-refractivity contribution in [3.63, 3.8) is 0 Å². The molecular formula is C24H26N2O6S. The van der Waals surface area contributed by atoms with Gasteiger partial charge in [0.15, 0.2) is 6.61 Å². The first kappa shape index (κ1) is 23.0. The smallest absolute Gasteiger partial charge is 0.341 e. The Kier molecular flexibility index (Phi) is 7.08. The van der Waals surface area contributed by atoms with E-state index in [0.29, 0.717) is 35.0 Å². The van der Waals surface area contributed by atoms with Gasteiger partial charge in [0.25, 0.3) is 5.91 Å². The Labute approximate surface area is 195 Å². The van der Waals surface area contributed by atoms with E-state index < -0.39 is 24.5 Å². The molecule has 1 aromatic carbocycles. The lowest BCUT2D eigenvalue weighted by Gasteiger charge is -2.15. The largest absolute Gasteiger partial charge is 0.462 e. The molecule has 0 radical (unpaired) electrons. The van der Waals surface area contributed by atoms with Gasteiger partial charge in [0.2, 0.25) is 5.91 Å². The highest BCUT2D eigenvalue weighted by atomic mass is 32.1. The summed E-state index contributed by atoms with van der Waals surface area (Å²) >= 11 is 1.27. The lowest BCUT2D eigenvalue weighted by Crippen LogP contribution is -2.24. The van der Waals surface area contributed by atoms with Gasteiger partial charge in [-0.25, -0.2) is 9.59 Å². The van der Waals surface area contributed by atoms with Crippen molar-refractivity contribution in [2.75, 3.05) is 25.1 Å². The number of rotatable bonds is 9. The minimum atomic E-state index is -0.621. The van der Waals surface area contributed by atoms with Gasteiger partial charge in [-0.1, -0.05) is 12.1 Å². The van der Waals surface area contributed by atoms with Crippen LogP contribution in [0.25, 0.3) is 0 Å². The highest BCUT2D eigenvalue weighted by molar-refractivity contribution is 7.15. The Morgan fingerprint density at radius 2 is 1.88 bits per heavy atom. The molecule has 33 heavy (non-hydrogen) atoms. The first-order chi connectivity index (χ1) is 16.0. The fraction of sp³-hybridized carbons (Fsp3) is 0.417. The molecule has 1 saturated carbocycles. The molecule has 2 amide bonds. The monoisotopic (exact) mass is 470 g/mol. The molecule has 1 aromatic heterocycles. The van der Waals surface area contributed by atoms with Crippen molar-refractivity contribution in [1.29, 1.82) is 0 Å². The van der Waals surface area contributed by atoms with Gasteiger partial charge >= 0.3 is 11.9 Å². The molecule has 0 unspecified atom stereocenters. The summed E-state index contributed by atoms with van der Waals surface area (Å²) in [6.07, 6.45) is 3.49. The van der Waals surface area contributed by atoms with E-state index in [4.69, 9.17) is 9.47 Å². The van der Waals surface area contributed by atoms with Gasteiger partial charge < -0.3 is 19.7 Å². The van der Waals surface area contributed by atoms with Gasteiger partial charge in [-0.05, 0) is 60.7 Å². The van der Waals surface area contributed by atoms with Gasteiger partial charge in [0.1, 0.15) is 5.00 Å². The molecule has 0 atom stereocenters. The average molecular weight is 471 g/mol. The number of carbonyl (C=O) groups excluding carboxylic acids is 4. The topological polar surface area (TPSA) is 102 Å². The van der Waals surface area contributed by atoms with E-state index in [1.807, 2.05) is 5.38 Å². The zero-order valence-corrected chi connectivity index (χ0v) is 19.2. The van der Waals surface area contributed by atoms with Gasteiger partial charge in [-0.3, -0.25) is 9.59 Å². The molecule has 1 aliphatic heterocycles. The average Bonchev–Trinajstić information content (AvgIpc) is 3.45. The summed E-state index contributed by atoms with van der Waals surface area (Å²) in [7, 11) is 0. The zero-order valence-electron chi connectivity index (χ0n) is 18.4. The molecule has 0 spiro atoms. The number of likely N-dealkylation sites (tertiary alicyclic amines) is 1. The maximum atomic E-state index is 12.4. The Hall–Kier alpha value is -3.20. The highest BCUT2D eigenvalue weighted by Gasteiger charge is 2.32. The van der Waals surface area contributed by atoms with Crippen molar-refractivity contribution >= 4 is 40.1 Å². The second kappa shape index (κ2) is 10.2.